The van der Waals surface area contributed by atoms with E-state index in [1.54, 1.807) is 43.5 Å². The largest absolute Gasteiger partial charge is 0.479 e. The van der Waals surface area contributed by atoms with Crippen molar-refractivity contribution in [3.8, 4) is 11.6 Å². The zero-order valence-corrected chi connectivity index (χ0v) is 18.7. The summed E-state index contributed by atoms with van der Waals surface area (Å²) < 4.78 is 16.4. The summed E-state index contributed by atoms with van der Waals surface area (Å²) >= 11 is 0. The first-order valence-corrected chi connectivity index (χ1v) is 11.5. The Morgan fingerprint density at radius 3 is 2.79 bits per heavy atom. The fraction of sp³-hybridized carbons (Fsp3) is 0.458. The van der Waals surface area contributed by atoms with Crippen LogP contribution in [0.15, 0.2) is 41.2 Å². The summed E-state index contributed by atoms with van der Waals surface area (Å²) in [5.74, 6) is 0.569. The van der Waals surface area contributed by atoms with Crippen LogP contribution < -0.4 is 10.1 Å². The molecule has 3 aliphatic rings. The molecule has 5 atom stereocenters. The van der Waals surface area contributed by atoms with Crippen molar-refractivity contribution in [2.45, 2.75) is 44.8 Å². The Hall–Kier alpha value is -3.53. The van der Waals surface area contributed by atoms with Crippen molar-refractivity contribution in [2.24, 2.45) is 17.8 Å². The maximum atomic E-state index is 13.0. The average molecular weight is 466 g/mol. The number of aromatic nitrogens is 3. The lowest BCUT2D eigenvalue weighted by Gasteiger charge is -2.47. The number of carboxylic acid groups (broad SMARTS) is 1. The number of rotatable bonds is 8. The number of amides is 1. The SMILES string of the molecule is CC(OC1CC2CC[C@@H]1CC2CNC(=O)c1cccnc1Oc1ccc2nonc2c1)C(=O)O. The van der Waals surface area contributed by atoms with Gasteiger partial charge in [-0.05, 0) is 84.9 Å². The predicted octanol–water partition coefficient (Wildman–Crippen LogP) is 3.43. The minimum Gasteiger partial charge on any atom is -0.479 e. The minimum atomic E-state index is -0.933. The van der Waals surface area contributed by atoms with Crippen LogP contribution in [0.4, 0.5) is 0 Å². The Bertz CT molecular complexity index is 1200. The number of ether oxygens (including phenoxy) is 2. The highest BCUT2D eigenvalue weighted by Crippen LogP contribution is 2.46. The van der Waals surface area contributed by atoms with Gasteiger partial charge in [-0.1, -0.05) is 0 Å². The number of hydrogen-bond acceptors (Lipinski definition) is 8. The number of aliphatic carboxylic acids is 1. The fourth-order valence-electron chi connectivity index (χ4n) is 5.14. The second-order valence-electron chi connectivity index (χ2n) is 9.07. The molecule has 10 nitrogen and oxygen atoms in total. The van der Waals surface area contributed by atoms with E-state index in [1.165, 1.54) is 0 Å². The van der Waals surface area contributed by atoms with Crippen molar-refractivity contribution in [1.29, 1.82) is 0 Å². The number of fused-ring (bicyclic) bond motifs is 4. The van der Waals surface area contributed by atoms with E-state index >= 15 is 0 Å². The number of benzene rings is 1. The normalized spacial score (nSPS) is 24.6. The Morgan fingerprint density at radius 2 is 2.00 bits per heavy atom. The lowest BCUT2D eigenvalue weighted by molar-refractivity contribution is -0.162. The Kier molecular flexibility index (Phi) is 6.14. The molecular weight excluding hydrogens is 440 g/mol. The Morgan fingerprint density at radius 1 is 1.18 bits per heavy atom. The molecule has 10 heteroatoms. The highest BCUT2D eigenvalue weighted by molar-refractivity contribution is 5.96. The molecule has 2 bridgehead atoms. The first-order valence-electron chi connectivity index (χ1n) is 11.5. The van der Waals surface area contributed by atoms with E-state index in [9.17, 15) is 9.59 Å². The zero-order chi connectivity index (χ0) is 23.7. The number of nitrogens with one attached hydrogen (secondary N) is 1. The van der Waals surface area contributed by atoms with Crippen molar-refractivity contribution in [3.63, 3.8) is 0 Å². The molecular formula is C24H26N4O6. The van der Waals surface area contributed by atoms with E-state index in [4.69, 9.17) is 19.2 Å². The van der Waals surface area contributed by atoms with Crippen LogP contribution in [0, 0.1) is 17.8 Å². The van der Waals surface area contributed by atoms with Gasteiger partial charge in [-0.25, -0.2) is 14.4 Å². The highest BCUT2D eigenvalue weighted by atomic mass is 16.6. The number of carboxylic acids is 1. The van der Waals surface area contributed by atoms with Gasteiger partial charge in [0.25, 0.3) is 5.91 Å². The summed E-state index contributed by atoms with van der Waals surface area (Å²) in [5.41, 5.74) is 1.50. The molecule has 3 aromatic rings. The number of carbonyl (C=O) groups excluding carboxylic acids is 1. The molecule has 0 saturated heterocycles. The van der Waals surface area contributed by atoms with Crippen LogP contribution >= 0.6 is 0 Å². The van der Waals surface area contributed by atoms with Gasteiger partial charge in [-0.3, -0.25) is 4.79 Å². The van der Waals surface area contributed by atoms with Crippen molar-refractivity contribution in [3.05, 3.63) is 42.1 Å². The van der Waals surface area contributed by atoms with Gasteiger partial charge in [0.05, 0.1) is 6.10 Å². The molecule has 6 rings (SSSR count). The van der Waals surface area contributed by atoms with E-state index in [0.717, 1.165) is 25.7 Å². The molecule has 0 spiro atoms. The monoisotopic (exact) mass is 466 g/mol. The molecule has 2 heterocycles. The van der Waals surface area contributed by atoms with E-state index in [2.05, 4.69) is 20.6 Å². The van der Waals surface area contributed by atoms with E-state index < -0.39 is 12.1 Å². The van der Waals surface area contributed by atoms with Crippen molar-refractivity contribution >= 4 is 22.9 Å². The number of pyridine rings is 1. The summed E-state index contributed by atoms with van der Waals surface area (Å²) in [4.78, 5) is 28.4. The molecule has 3 fully saturated rings. The van der Waals surface area contributed by atoms with Gasteiger partial charge in [0.1, 0.15) is 22.3 Å². The van der Waals surface area contributed by atoms with Gasteiger partial charge in [-0.15, -0.1) is 0 Å². The van der Waals surface area contributed by atoms with Gasteiger partial charge in [0.15, 0.2) is 6.10 Å². The van der Waals surface area contributed by atoms with E-state index in [-0.39, 0.29) is 17.9 Å². The van der Waals surface area contributed by atoms with Gasteiger partial charge in [0, 0.05) is 18.8 Å². The first-order chi connectivity index (χ1) is 16.5. The molecule has 3 saturated carbocycles. The van der Waals surface area contributed by atoms with Gasteiger partial charge in [0.2, 0.25) is 5.88 Å². The molecule has 1 amide bonds. The maximum Gasteiger partial charge on any atom is 0.332 e. The fourth-order valence-corrected chi connectivity index (χ4v) is 5.14. The quantitative estimate of drug-likeness (QED) is 0.511. The van der Waals surface area contributed by atoms with Crippen LogP contribution in [-0.4, -0.2) is 51.0 Å². The molecule has 4 unspecified atom stereocenters. The van der Waals surface area contributed by atoms with Gasteiger partial charge < -0.3 is 19.9 Å². The third-order valence-electron chi connectivity index (χ3n) is 6.95. The third-order valence-corrected chi connectivity index (χ3v) is 6.95. The average Bonchev–Trinajstić information content (AvgIpc) is 3.31. The van der Waals surface area contributed by atoms with Gasteiger partial charge >= 0.3 is 5.97 Å². The van der Waals surface area contributed by atoms with E-state index in [1.807, 2.05) is 0 Å². The van der Waals surface area contributed by atoms with E-state index in [0.29, 0.717) is 46.6 Å². The summed E-state index contributed by atoms with van der Waals surface area (Å²) in [6.07, 6.45) is 4.62. The molecule has 1 aromatic carbocycles. The standard InChI is InChI=1S/C24H26N4O6/c1-13(24(30)31)32-21-10-14-4-5-15(21)9-16(14)12-26-22(29)18-3-2-8-25-23(18)33-17-6-7-19-20(11-17)28-34-27-19/h2-3,6-8,11,13-16,21H,4-5,9-10,12H2,1H3,(H,26,29)(H,30,31)/t13?,14?,15-,16?,21?/m1/s1. The Balaban J connectivity index is 1.21. The second-order valence-corrected chi connectivity index (χ2v) is 9.07. The van der Waals surface area contributed by atoms with Crippen LogP contribution in [-0.2, 0) is 9.53 Å². The first kappa shape index (κ1) is 22.3. The summed E-state index contributed by atoms with van der Waals surface area (Å²) in [5, 5.41) is 19.8. The number of hydrogen-bond donors (Lipinski definition) is 2. The zero-order valence-electron chi connectivity index (χ0n) is 18.7. The van der Waals surface area contributed by atoms with Crippen molar-refractivity contribution < 1.29 is 28.8 Å². The smallest absolute Gasteiger partial charge is 0.332 e. The lowest BCUT2D eigenvalue weighted by atomic mass is 9.63. The topological polar surface area (TPSA) is 137 Å². The van der Waals surface area contributed by atoms with Crippen LogP contribution in [0.25, 0.3) is 11.0 Å². The summed E-state index contributed by atoms with van der Waals surface area (Å²) in [6.45, 7) is 2.13. The highest BCUT2D eigenvalue weighted by Gasteiger charge is 2.43. The summed E-state index contributed by atoms with van der Waals surface area (Å²) in [7, 11) is 0. The Labute approximate surface area is 195 Å². The molecule has 178 valence electrons. The lowest BCUT2D eigenvalue weighted by Crippen LogP contribution is -2.47. The van der Waals surface area contributed by atoms with Crippen LogP contribution in [0.5, 0.6) is 11.6 Å². The molecule has 3 aliphatic carbocycles. The van der Waals surface area contributed by atoms with Crippen LogP contribution in [0.1, 0.15) is 43.0 Å². The molecule has 0 aliphatic heterocycles. The molecule has 2 aromatic heterocycles. The van der Waals surface area contributed by atoms with Crippen molar-refractivity contribution in [2.75, 3.05) is 6.54 Å². The summed E-state index contributed by atoms with van der Waals surface area (Å²) in [6, 6.07) is 8.48. The predicted molar refractivity (Wildman–Crippen MR) is 119 cm³/mol. The second kappa shape index (κ2) is 9.38. The van der Waals surface area contributed by atoms with Crippen LogP contribution in [0.2, 0.25) is 0 Å². The number of nitrogens with zero attached hydrogens (tertiary/aromatic N) is 3. The molecule has 0 radical (unpaired) electrons. The molecule has 34 heavy (non-hydrogen) atoms. The van der Waals surface area contributed by atoms with Crippen LogP contribution in [0.3, 0.4) is 0 Å². The number of carbonyl (C=O) groups is 2. The maximum absolute atomic E-state index is 13.0. The third kappa shape index (κ3) is 4.58. The molecule has 2 N–H and O–H groups in total. The van der Waals surface area contributed by atoms with Gasteiger partial charge in [-0.2, -0.15) is 0 Å². The minimum absolute atomic E-state index is 0.0209. The van der Waals surface area contributed by atoms with Crippen molar-refractivity contribution in [1.82, 2.24) is 20.6 Å².